The van der Waals surface area contributed by atoms with Crippen LogP contribution >= 0.6 is 0 Å². The summed E-state index contributed by atoms with van der Waals surface area (Å²) in [6, 6.07) is 46.0. The van der Waals surface area contributed by atoms with Crippen LogP contribution in [-0.4, -0.2) is 13.7 Å². The predicted octanol–water partition coefficient (Wildman–Crippen LogP) is 11.1. The Morgan fingerprint density at radius 1 is 0.565 bits per heavy atom. The molecule has 0 amide bonds. The van der Waals surface area contributed by atoms with E-state index in [0.717, 1.165) is 52.0 Å². The Labute approximate surface area is 269 Å². The Morgan fingerprint density at radius 2 is 1.07 bits per heavy atom. The molecule has 0 fully saturated rings. The molecule has 3 nitrogen and oxygen atoms in total. The number of allylic oxidation sites excluding steroid dienone is 3. The first kappa shape index (κ1) is 27.7. The summed E-state index contributed by atoms with van der Waals surface area (Å²) in [6.45, 7) is 6.17. The largest absolute Gasteiger partial charge is 0.310 e. The highest BCUT2D eigenvalue weighted by Gasteiger charge is 2.20. The molecule has 1 aliphatic rings. The van der Waals surface area contributed by atoms with Gasteiger partial charge < -0.3 is 13.7 Å². The van der Waals surface area contributed by atoms with Gasteiger partial charge in [-0.2, -0.15) is 0 Å². The number of hydrogen-bond acceptors (Lipinski definition) is 0. The van der Waals surface area contributed by atoms with E-state index in [0.29, 0.717) is 0 Å². The van der Waals surface area contributed by atoms with Crippen molar-refractivity contribution >= 4 is 45.0 Å². The van der Waals surface area contributed by atoms with Crippen LogP contribution in [0.1, 0.15) is 28.9 Å². The number of rotatable bonds is 5. The van der Waals surface area contributed by atoms with Gasteiger partial charge in [-0.15, -0.1) is 0 Å². The first-order valence-corrected chi connectivity index (χ1v) is 16.0. The quantitative estimate of drug-likeness (QED) is 0.176. The zero-order valence-corrected chi connectivity index (χ0v) is 26.0. The minimum absolute atomic E-state index is 1.07. The third-order valence-electron chi connectivity index (χ3n) is 9.18. The standard InChI is InChI=1S/C43H35N3/c1-3-4-21-38-31(2)35-18-8-11-22-39(35)44(38)33-27-29-34(30-28-33)46-41-24-13-10-20-37(41)36-19-9-12-23-40(36)45(32-16-6-5-7-17-32)42-25-14-15-26-43(42)46/h3-7,9-17,19-30H,1,8,18H2,2H3/b21-4-. The maximum Gasteiger partial charge on any atom is 0.0702 e. The number of hydrogen-bond donors (Lipinski definition) is 0. The van der Waals surface area contributed by atoms with Gasteiger partial charge in [0, 0.05) is 39.2 Å². The van der Waals surface area contributed by atoms with Crippen LogP contribution in [0.4, 0.5) is 0 Å². The van der Waals surface area contributed by atoms with Crippen molar-refractivity contribution in [1.29, 1.82) is 0 Å². The Morgan fingerprint density at radius 3 is 1.65 bits per heavy atom. The second-order valence-electron chi connectivity index (χ2n) is 11.8. The third-order valence-corrected chi connectivity index (χ3v) is 9.18. The zero-order valence-electron chi connectivity index (χ0n) is 26.0. The summed E-state index contributed by atoms with van der Waals surface area (Å²) in [5, 5.41) is 2.38. The lowest BCUT2D eigenvalue weighted by Crippen LogP contribution is -2.05. The van der Waals surface area contributed by atoms with Gasteiger partial charge in [0.2, 0.25) is 0 Å². The molecule has 0 spiro atoms. The molecule has 0 aliphatic heterocycles. The minimum Gasteiger partial charge on any atom is -0.310 e. The summed E-state index contributed by atoms with van der Waals surface area (Å²) in [5.74, 6) is 0. The number of para-hydroxylation sites is 5. The maximum absolute atomic E-state index is 3.92. The highest BCUT2D eigenvalue weighted by atomic mass is 15.0. The molecule has 5 aromatic carbocycles. The van der Waals surface area contributed by atoms with Crippen LogP contribution in [0.25, 0.3) is 62.1 Å². The van der Waals surface area contributed by atoms with Crippen LogP contribution in [0, 0.1) is 6.92 Å². The van der Waals surface area contributed by atoms with E-state index >= 15 is 0 Å². The van der Waals surface area contributed by atoms with Crippen LogP contribution < -0.4 is 0 Å². The summed E-state index contributed by atoms with van der Waals surface area (Å²) in [7, 11) is 0. The molecule has 0 unspecified atom stereocenters. The predicted molar refractivity (Wildman–Crippen MR) is 196 cm³/mol. The van der Waals surface area contributed by atoms with E-state index in [2.05, 4.69) is 173 Å². The summed E-state index contributed by atoms with van der Waals surface area (Å²) in [4.78, 5) is 0. The van der Waals surface area contributed by atoms with E-state index in [9.17, 15) is 0 Å². The van der Waals surface area contributed by atoms with Crippen molar-refractivity contribution in [2.45, 2.75) is 19.8 Å². The van der Waals surface area contributed by atoms with Gasteiger partial charge in [0.05, 0.1) is 22.1 Å². The number of nitrogens with zero attached hydrogens (tertiary/aromatic N) is 3. The van der Waals surface area contributed by atoms with Crippen LogP contribution in [-0.2, 0) is 6.42 Å². The van der Waals surface area contributed by atoms with Crippen molar-refractivity contribution < 1.29 is 0 Å². The number of fused-ring (bicyclic) bond motifs is 5. The molecular weight excluding hydrogens is 558 g/mol. The van der Waals surface area contributed by atoms with Crippen molar-refractivity contribution in [1.82, 2.24) is 13.7 Å². The first-order chi connectivity index (χ1) is 22.7. The van der Waals surface area contributed by atoms with E-state index in [1.165, 1.54) is 33.3 Å². The van der Waals surface area contributed by atoms with Crippen LogP contribution in [0.3, 0.4) is 0 Å². The highest BCUT2D eigenvalue weighted by molar-refractivity contribution is 6.06. The molecule has 0 saturated carbocycles. The lowest BCUT2D eigenvalue weighted by atomic mass is 10.00. The second kappa shape index (κ2) is 11.6. The molecule has 8 rings (SSSR count). The molecule has 3 heteroatoms. The molecule has 2 heterocycles. The molecule has 2 aromatic heterocycles. The number of aromatic nitrogens is 3. The van der Waals surface area contributed by atoms with Crippen molar-refractivity contribution in [2.24, 2.45) is 0 Å². The Hall–Kier alpha value is -5.80. The Balaban J connectivity index is 1.45. The normalized spacial score (nSPS) is 12.6. The van der Waals surface area contributed by atoms with Gasteiger partial charge in [-0.05, 0) is 104 Å². The summed E-state index contributed by atoms with van der Waals surface area (Å²) < 4.78 is 7.20. The third kappa shape index (κ3) is 4.52. The van der Waals surface area contributed by atoms with Crippen molar-refractivity contribution in [3.8, 4) is 17.1 Å². The zero-order chi connectivity index (χ0) is 31.0. The summed E-state index contributed by atoms with van der Waals surface area (Å²) in [5.41, 5.74) is 13.2. The van der Waals surface area contributed by atoms with Gasteiger partial charge in [-0.3, -0.25) is 0 Å². The molecule has 222 valence electrons. The Bertz CT molecular complexity index is 2370. The van der Waals surface area contributed by atoms with Gasteiger partial charge in [-0.1, -0.05) is 91.5 Å². The van der Waals surface area contributed by atoms with Crippen LogP contribution in [0.2, 0.25) is 0 Å². The molecular formula is C43H35N3. The maximum atomic E-state index is 3.92. The minimum atomic E-state index is 1.07. The van der Waals surface area contributed by atoms with Gasteiger partial charge in [0.1, 0.15) is 0 Å². The van der Waals surface area contributed by atoms with E-state index in [4.69, 9.17) is 0 Å². The Kier molecular flexibility index (Phi) is 7.00. The van der Waals surface area contributed by atoms with Crippen molar-refractivity contribution in [2.75, 3.05) is 0 Å². The number of benzene rings is 5. The average molecular weight is 594 g/mol. The van der Waals surface area contributed by atoms with Crippen LogP contribution in [0.5, 0.6) is 0 Å². The fourth-order valence-electron chi connectivity index (χ4n) is 7.11. The van der Waals surface area contributed by atoms with Crippen molar-refractivity contribution in [3.05, 3.63) is 175 Å². The SMILES string of the molecule is C=C/C=C\c1c(C)c2c(n1-c1ccc(-n3c4ccccc4c4ccccc4n(-c4ccccc4)c4ccccc43)cc1)C=CCC2. The van der Waals surface area contributed by atoms with Gasteiger partial charge in [0.25, 0.3) is 0 Å². The van der Waals surface area contributed by atoms with E-state index < -0.39 is 0 Å². The molecule has 46 heavy (non-hydrogen) atoms. The molecule has 0 bridgehead atoms. The molecule has 0 radical (unpaired) electrons. The summed E-state index contributed by atoms with van der Waals surface area (Å²) >= 11 is 0. The monoisotopic (exact) mass is 593 g/mol. The fourth-order valence-corrected chi connectivity index (χ4v) is 7.11. The van der Waals surface area contributed by atoms with E-state index in [-0.39, 0.29) is 0 Å². The molecule has 1 aliphatic carbocycles. The molecule has 0 atom stereocenters. The lowest BCUT2D eigenvalue weighted by molar-refractivity contribution is 0.952. The topological polar surface area (TPSA) is 14.8 Å². The second-order valence-corrected chi connectivity index (χ2v) is 11.8. The van der Waals surface area contributed by atoms with Gasteiger partial charge in [0.15, 0.2) is 0 Å². The van der Waals surface area contributed by atoms with Crippen LogP contribution in [0.15, 0.2) is 152 Å². The van der Waals surface area contributed by atoms with E-state index in [1.54, 1.807) is 0 Å². The molecule has 0 N–H and O–H groups in total. The first-order valence-electron chi connectivity index (χ1n) is 16.0. The molecule has 0 saturated heterocycles. The summed E-state index contributed by atoms with van der Waals surface area (Å²) in [6.07, 6.45) is 12.8. The van der Waals surface area contributed by atoms with Gasteiger partial charge >= 0.3 is 0 Å². The van der Waals surface area contributed by atoms with Gasteiger partial charge in [-0.25, -0.2) is 0 Å². The lowest BCUT2D eigenvalue weighted by Gasteiger charge is -2.20. The van der Waals surface area contributed by atoms with E-state index in [1.807, 2.05) is 12.2 Å². The molecule has 7 aromatic rings. The highest BCUT2D eigenvalue weighted by Crippen LogP contribution is 2.35. The average Bonchev–Trinajstić information content (AvgIpc) is 3.39. The van der Waals surface area contributed by atoms with Crippen molar-refractivity contribution in [3.63, 3.8) is 0 Å². The smallest absolute Gasteiger partial charge is 0.0702 e. The fraction of sp³-hybridized carbons (Fsp3) is 0.0698.